The molecule has 2 aromatic rings. The number of likely N-dealkylation sites (N-methyl/N-ethyl adjacent to an activating group) is 1. The van der Waals surface area contributed by atoms with Gasteiger partial charge < -0.3 is 10.2 Å². The van der Waals surface area contributed by atoms with E-state index in [1.54, 1.807) is 20.2 Å². The third-order valence-electron chi connectivity index (χ3n) is 2.76. The molecule has 1 amide bonds. The second kappa shape index (κ2) is 5.36. The number of hydrogen-bond donors (Lipinski definition) is 1. The first kappa shape index (κ1) is 12.8. The first-order chi connectivity index (χ1) is 9.11. The molecule has 0 aliphatic heterocycles. The molecule has 0 saturated carbocycles. The number of carbonyl (C=O) groups is 1. The standard InChI is InChI=1S/C14H14N4O/c1-18(2)14(19)9-16-13-7-10(8-15)11-5-3-4-6-12(11)17-13/h3-7H,9H2,1-2H3,(H,16,17). The van der Waals surface area contributed by atoms with Crippen LogP contribution in [0.5, 0.6) is 0 Å². The summed E-state index contributed by atoms with van der Waals surface area (Å²) in [5.74, 6) is 0.485. The Morgan fingerprint density at radius 3 is 2.84 bits per heavy atom. The number of nitrogens with one attached hydrogen (secondary N) is 1. The maximum atomic E-state index is 11.5. The molecule has 0 unspecified atom stereocenters. The van der Waals surface area contributed by atoms with Gasteiger partial charge in [-0.3, -0.25) is 4.79 Å². The number of benzene rings is 1. The molecular weight excluding hydrogens is 240 g/mol. The van der Waals surface area contributed by atoms with E-state index < -0.39 is 0 Å². The van der Waals surface area contributed by atoms with E-state index in [1.165, 1.54) is 4.90 Å². The molecule has 1 aromatic heterocycles. The highest BCUT2D eigenvalue weighted by Crippen LogP contribution is 2.19. The number of pyridine rings is 1. The number of fused-ring (bicyclic) bond motifs is 1. The maximum Gasteiger partial charge on any atom is 0.241 e. The molecule has 19 heavy (non-hydrogen) atoms. The number of aromatic nitrogens is 1. The topological polar surface area (TPSA) is 69.0 Å². The summed E-state index contributed by atoms with van der Waals surface area (Å²) in [7, 11) is 3.39. The molecule has 2 rings (SSSR count). The van der Waals surface area contributed by atoms with Crippen LogP contribution in [-0.4, -0.2) is 36.4 Å². The average Bonchev–Trinajstić information content (AvgIpc) is 2.43. The third-order valence-corrected chi connectivity index (χ3v) is 2.76. The predicted molar refractivity (Wildman–Crippen MR) is 73.6 cm³/mol. The summed E-state index contributed by atoms with van der Waals surface area (Å²) in [5.41, 5.74) is 1.28. The SMILES string of the molecule is CN(C)C(=O)CNc1cc(C#N)c2ccccc2n1. The van der Waals surface area contributed by atoms with Gasteiger partial charge in [0, 0.05) is 19.5 Å². The Labute approximate surface area is 111 Å². The van der Waals surface area contributed by atoms with Gasteiger partial charge in [-0.25, -0.2) is 4.98 Å². The normalized spacial score (nSPS) is 9.95. The molecule has 0 radical (unpaired) electrons. The third kappa shape index (κ3) is 2.80. The Morgan fingerprint density at radius 1 is 1.42 bits per heavy atom. The number of nitriles is 1. The molecule has 96 valence electrons. The van der Waals surface area contributed by atoms with Gasteiger partial charge >= 0.3 is 0 Å². The van der Waals surface area contributed by atoms with Gasteiger partial charge in [0.15, 0.2) is 0 Å². The molecule has 0 atom stereocenters. The minimum absolute atomic E-state index is 0.0477. The number of amides is 1. The minimum atomic E-state index is -0.0477. The van der Waals surface area contributed by atoms with Crippen LogP contribution in [0.4, 0.5) is 5.82 Å². The van der Waals surface area contributed by atoms with E-state index in [4.69, 9.17) is 5.26 Å². The molecule has 1 heterocycles. The summed E-state index contributed by atoms with van der Waals surface area (Å²) in [6, 6.07) is 11.2. The van der Waals surface area contributed by atoms with Gasteiger partial charge in [0.05, 0.1) is 23.7 Å². The second-order valence-corrected chi connectivity index (χ2v) is 4.33. The van der Waals surface area contributed by atoms with Crippen molar-refractivity contribution in [3.63, 3.8) is 0 Å². The van der Waals surface area contributed by atoms with Crippen molar-refractivity contribution >= 4 is 22.6 Å². The van der Waals surface area contributed by atoms with Crippen molar-refractivity contribution in [1.29, 1.82) is 5.26 Å². The Bertz CT molecular complexity index is 658. The van der Waals surface area contributed by atoms with Crippen molar-refractivity contribution in [1.82, 2.24) is 9.88 Å². The van der Waals surface area contributed by atoms with E-state index in [2.05, 4.69) is 16.4 Å². The highest BCUT2D eigenvalue weighted by Gasteiger charge is 2.07. The van der Waals surface area contributed by atoms with E-state index >= 15 is 0 Å². The lowest BCUT2D eigenvalue weighted by molar-refractivity contribution is -0.126. The van der Waals surface area contributed by atoms with Gasteiger partial charge in [-0.2, -0.15) is 5.26 Å². The van der Waals surface area contributed by atoms with Gasteiger partial charge in [-0.1, -0.05) is 18.2 Å². The molecule has 0 fully saturated rings. The largest absolute Gasteiger partial charge is 0.361 e. The monoisotopic (exact) mass is 254 g/mol. The van der Waals surface area contributed by atoms with Gasteiger partial charge in [0.2, 0.25) is 5.91 Å². The number of para-hydroxylation sites is 1. The number of carbonyl (C=O) groups excluding carboxylic acids is 1. The fourth-order valence-corrected chi connectivity index (χ4v) is 1.68. The van der Waals surface area contributed by atoms with E-state index in [-0.39, 0.29) is 12.5 Å². The fourth-order valence-electron chi connectivity index (χ4n) is 1.68. The quantitative estimate of drug-likeness (QED) is 0.903. The second-order valence-electron chi connectivity index (χ2n) is 4.33. The van der Waals surface area contributed by atoms with Crippen molar-refractivity contribution in [2.75, 3.05) is 26.0 Å². The van der Waals surface area contributed by atoms with Crippen LogP contribution >= 0.6 is 0 Å². The lowest BCUT2D eigenvalue weighted by Crippen LogP contribution is -2.28. The van der Waals surface area contributed by atoms with Crippen LogP contribution in [0.2, 0.25) is 0 Å². The van der Waals surface area contributed by atoms with Crippen LogP contribution in [0.15, 0.2) is 30.3 Å². The minimum Gasteiger partial charge on any atom is -0.361 e. The molecule has 0 aliphatic carbocycles. The van der Waals surface area contributed by atoms with Gasteiger partial charge in [0.25, 0.3) is 0 Å². The summed E-state index contributed by atoms with van der Waals surface area (Å²) in [5, 5.41) is 12.9. The Hall–Kier alpha value is -2.61. The van der Waals surface area contributed by atoms with Crippen LogP contribution < -0.4 is 5.32 Å². The number of anilines is 1. The van der Waals surface area contributed by atoms with Crippen molar-refractivity contribution in [3.05, 3.63) is 35.9 Å². The molecule has 0 spiro atoms. The smallest absolute Gasteiger partial charge is 0.241 e. The van der Waals surface area contributed by atoms with Crippen molar-refractivity contribution in [2.24, 2.45) is 0 Å². The van der Waals surface area contributed by atoms with Crippen molar-refractivity contribution < 1.29 is 4.79 Å². The molecule has 0 aliphatic rings. The van der Waals surface area contributed by atoms with Crippen molar-refractivity contribution in [2.45, 2.75) is 0 Å². The zero-order chi connectivity index (χ0) is 13.8. The Morgan fingerprint density at radius 2 is 2.16 bits per heavy atom. The first-order valence-corrected chi connectivity index (χ1v) is 5.85. The summed E-state index contributed by atoms with van der Waals surface area (Å²) in [4.78, 5) is 17.4. The zero-order valence-corrected chi connectivity index (χ0v) is 10.8. The molecule has 5 heteroatoms. The highest BCUT2D eigenvalue weighted by molar-refractivity contribution is 5.87. The first-order valence-electron chi connectivity index (χ1n) is 5.85. The Kier molecular flexibility index (Phi) is 3.62. The number of hydrogen-bond acceptors (Lipinski definition) is 4. The summed E-state index contributed by atoms with van der Waals surface area (Å²) in [6.07, 6.45) is 0. The molecule has 5 nitrogen and oxygen atoms in total. The van der Waals surface area contributed by atoms with Crippen LogP contribution in [0.25, 0.3) is 10.9 Å². The number of rotatable bonds is 3. The van der Waals surface area contributed by atoms with Crippen LogP contribution in [0.3, 0.4) is 0 Å². The molecule has 0 bridgehead atoms. The van der Waals surface area contributed by atoms with Gasteiger partial charge in [0.1, 0.15) is 5.82 Å². The highest BCUT2D eigenvalue weighted by atomic mass is 16.2. The van der Waals surface area contributed by atoms with E-state index in [0.29, 0.717) is 11.4 Å². The van der Waals surface area contributed by atoms with Crippen molar-refractivity contribution in [3.8, 4) is 6.07 Å². The van der Waals surface area contributed by atoms with Crippen LogP contribution in [0, 0.1) is 11.3 Å². The predicted octanol–water partition coefficient (Wildman–Crippen LogP) is 1.61. The van der Waals surface area contributed by atoms with Crippen LogP contribution in [-0.2, 0) is 4.79 Å². The van der Waals surface area contributed by atoms with Gasteiger partial charge in [-0.15, -0.1) is 0 Å². The molecule has 0 saturated heterocycles. The maximum absolute atomic E-state index is 11.5. The fraction of sp³-hybridized carbons (Fsp3) is 0.214. The Balaban J connectivity index is 2.30. The number of nitrogens with zero attached hydrogens (tertiary/aromatic N) is 3. The van der Waals surface area contributed by atoms with Gasteiger partial charge in [-0.05, 0) is 12.1 Å². The summed E-state index contributed by atoms with van der Waals surface area (Å²) >= 11 is 0. The van der Waals surface area contributed by atoms with E-state index in [9.17, 15) is 4.79 Å². The lowest BCUT2D eigenvalue weighted by atomic mass is 10.1. The molecular formula is C14H14N4O. The summed E-state index contributed by atoms with van der Waals surface area (Å²) in [6.45, 7) is 0.156. The lowest BCUT2D eigenvalue weighted by Gasteiger charge is -2.12. The zero-order valence-electron chi connectivity index (χ0n) is 10.8. The summed E-state index contributed by atoms with van der Waals surface area (Å²) < 4.78 is 0. The molecule has 1 N–H and O–H groups in total. The molecule has 1 aromatic carbocycles. The average molecular weight is 254 g/mol. The van der Waals surface area contributed by atoms with E-state index in [1.807, 2.05) is 24.3 Å². The van der Waals surface area contributed by atoms with E-state index in [0.717, 1.165) is 10.9 Å². The van der Waals surface area contributed by atoms with Crippen LogP contribution in [0.1, 0.15) is 5.56 Å².